The van der Waals surface area contributed by atoms with Crippen LogP contribution in [0.3, 0.4) is 0 Å². The number of carbonyl (C=O) groups excluding carboxylic acids is 3. The summed E-state index contributed by atoms with van der Waals surface area (Å²) in [6.07, 6.45) is -0.534. The van der Waals surface area contributed by atoms with Crippen molar-refractivity contribution in [2.75, 3.05) is 19.6 Å². The zero-order valence-corrected chi connectivity index (χ0v) is 14.0. The van der Waals surface area contributed by atoms with Crippen LogP contribution in [0, 0.1) is 6.92 Å². The Hall–Kier alpha value is -2.37. The smallest absolute Gasteiger partial charge is 0.410 e. The van der Waals surface area contributed by atoms with Crippen LogP contribution < -0.4 is 0 Å². The summed E-state index contributed by atoms with van der Waals surface area (Å²) in [6, 6.07) is 7.06. The van der Waals surface area contributed by atoms with Gasteiger partial charge in [-0.1, -0.05) is 17.7 Å². The predicted octanol–water partition coefficient (Wildman–Crippen LogP) is 2.21. The molecule has 0 aromatic heterocycles. The molecule has 0 bridgehead atoms. The molecule has 6 nitrogen and oxygen atoms in total. The zero-order valence-electron chi connectivity index (χ0n) is 14.0. The number of benzene rings is 1. The van der Waals surface area contributed by atoms with Crippen molar-refractivity contribution in [1.29, 1.82) is 0 Å². The van der Waals surface area contributed by atoms with Crippen molar-refractivity contribution in [3.05, 3.63) is 35.4 Å². The van der Waals surface area contributed by atoms with Crippen molar-refractivity contribution in [3.8, 4) is 0 Å². The molecule has 2 rings (SSSR count). The van der Waals surface area contributed by atoms with E-state index in [-0.39, 0.29) is 25.5 Å². The number of carbonyl (C=O) groups is 3. The van der Waals surface area contributed by atoms with Crippen molar-refractivity contribution >= 4 is 17.9 Å². The summed E-state index contributed by atoms with van der Waals surface area (Å²) in [7, 11) is 0. The van der Waals surface area contributed by atoms with Gasteiger partial charge in [0.25, 0.3) is 5.91 Å². The second-order valence-electron chi connectivity index (χ2n) is 6.62. The van der Waals surface area contributed by atoms with Crippen LogP contribution in [0.25, 0.3) is 0 Å². The highest BCUT2D eigenvalue weighted by molar-refractivity contribution is 6.06. The van der Waals surface area contributed by atoms with Crippen LogP contribution in [-0.2, 0) is 9.53 Å². The van der Waals surface area contributed by atoms with Gasteiger partial charge in [-0.25, -0.2) is 4.79 Å². The van der Waals surface area contributed by atoms with Gasteiger partial charge in [0, 0.05) is 18.7 Å². The van der Waals surface area contributed by atoms with Crippen molar-refractivity contribution in [2.45, 2.75) is 33.3 Å². The normalized spacial score (nSPS) is 15.6. The highest BCUT2D eigenvalue weighted by Crippen LogP contribution is 2.14. The zero-order chi connectivity index (χ0) is 17.2. The van der Waals surface area contributed by atoms with Crippen LogP contribution in [0.15, 0.2) is 24.3 Å². The number of ether oxygens (including phenoxy) is 1. The summed E-state index contributed by atoms with van der Waals surface area (Å²) in [4.78, 5) is 39.1. The molecule has 0 saturated carbocycles. The maximum absolute atomic E-state index is 12.4. The molecule has 0 radical (unpaired) electrons. The molecule has 1 saturated heterocycles. The lowest BCUT2D eigenvalue weighted by Gasteiger charge is -2.34. The molecule has 1 aliphatic heterocycles. The van der Waals surface area contributed by atoms with Crippen molar-refractivity contribution in [2.24, 2.45) is 0 Å². The molecule has 0 spiro atoms. The van der Waals surface area contributed by atoms with E-state index in [1.165, 1.54) is 9.80 Å². The molecule has 0 aliphatic carbocycles. The lowest BCUT2D eigenvalue weighted by atomic mass is 10.1. The largest absolute Gasteiger partial charge is 0.444 e. The quantitative estimate of drug-likeness (QED) is 0.745. The van der Waals surface area contributed by atoms with Gasteiger partial charge in [0.2, 0.25) is 5.91 Å². The molecule has 3 amide bonds. The van der Waals surface area contributed by atoms with Gasteiger partial charge < -0.3 is 4.74 Å². The van der Waals surface area contributed by atoms with E-state index >= 15 is 0 Å². The minimum Gasteiger partial charge on any atom is -0.444 e. The Morgan fingerprint density at radius 3 is 2.22 bits per heavy atom. The number of aryl methyl sites for hydroxylation is 1. The monoisotopic (exact) mass is 318 g/mol. The number of hydrogen-bond acceptors (Lipinski definition) is 4. The van der Waals surface area contributed by atoms with E-state index in [2.05, 4.69) is 0 Å². The highest BCUT2D eigenvalue weighted by Gasteiger charge is 2.33. The van der Waals surface area contributed by atoms with Gasteiger partial charge in [-0.3, -0.25) is 19.4 Å². The summed E-state index contributed by atoms with van der Waals surface area (Å²) in [6.45, 7) is 7.53. The molecule has 1 heterocycles. The Labute approximate surface area is 136 Å². The first kappa shape index (κ1) is 17.0. The molecule has 1 aromatic carbocycles. The minimum absolute atomic E-state index is 0.146. The van der Waals surface area contributed by atoms with E-state index in [9.17, 15) is 14.4 Å². The lowest BCUT2D eigenvalue weighted by molar-refractivity contribution is -0.132. The fraction of sp³-hybridized carbons (Fsp3) is 0.471. The second-order valence-corrected chi connectivity index (χ2v) is 6.62. The first-order chi connectivity index (χ1) is 10.7. The third-order valence-corrected chi connectivity index (χ3v) is 3.42. The Morgan fingerprint density at radius 1 is 1.09 bits per heavy atom. The topological polar surface area (TPSA) is 66.9 Å². The van der Waals surface area contributed by atoms with Crippen LogP contribution in [0.2, 0.25) is 0 Å². The fourth-order valence-electron chi connectivity index (χ4n) is 2.22. The van der Waals surface area contributed by atoms with Crippen LogP contribution in [0.5, 0.6) is 0 Å². The second kappa shape index (κ2) is 6.40. The number of rotatable bonds is 1. The first-order valence-corrected chi connectivity index (χ1v) is 7.57. The first-order valence-electron chi connectivity index (χ1n) is 7.57. The van der Waals surface area contributed by atoms with E-state index in [1.807, 2.05) is 19.1 Å². The molecule has 0 atom stereocenters. The van der Waals surface area contributed by atoms with Crippen molar-refractivity contribution < 1.29 is 19.1 Å². The van der Waals surface area contributed by atoms with E-state index < -0.39 is 17.6 Å². The molecule has 6 heteroatoms. The number of amides is 3. The van der Waals surface area contributed by atoms with Crippen LogP contribution in [0.4, 0.5) is 4.79 Å². The number of nitrogens with zero attached hydrogens (tertiary/aromatic N) is 2. The Kier molecular flexibility index (Phi) is 4.73. The Morgan fingerprint density at radius 2 is 1.70 bits per heavy atom. The van der Waals surface area contributed by atoms with Gasteiger partial charge >= 0.3 is 6.09 Å². The molecular weight excluding hydrogens is 296 g/mol. The summed E-state index contributed by atoms with van der Waals surface area (Å²) >= 11 is 0. The average molecular weight is 318 g/mol. The van der Waals surface area contributed by atoms with E-state index in [1.54, 1.807) is 32.9 Å². The van der Waals surface area contributed by atoms with E-state index in [0.29, 0.717) is 5.56 Å². The van der Waals surface area contributed by atoms with Gasteiger partial charge in [-0.15, -0.1) is 0 Å². The molecule has 124 valence electrons. The molecule has 1 fully saturated rings. The lowest BCUT2D eigenvalue weighted by Crippen LogP contribution is -2.54. The van der Waals surface area contributed by atoms with Gasteiger partial charge in [0.15, 0.2) is 0 Å². The van der Waals surface area contributed by atoms with Crippen LogP contribution in [-0.4, -0.2) is 52.9 Å². The summed E-state index contributed by atoms with van der Waals surface area (Å²) in [5, 5.41) is 0. The molecule has 23 heavy (non-hydrogen) atoms. The third-order valence-electron chi connectivity index (χ3n) is 3.42. The summed E-state index contributed by atoms with van der Waals surface area (Å²) in [5.74, 6) is -0.730. The van der Waals surface area contributed by atoms with Gasteiger partial charge in [0.1, 0.15) is 12.1 Å². The fourth-order valence-corrected chi connectivity index (χ4v) is 2.22. The Bertz CT molecular complexity index is 616. The summed E-state index contributed by atoms with van der Waals surface area (Å²) < 4.78 is 5.25. The SMILES string of the molecule is Cc1ccc(C(=O)N2CCN(C(=O)OC(C)(C)C)CC2=O)cc1. The van der Waals surface area contributed by atoms with Crippen molar-refractivity contribution in [1.82, 2.24) is 9.80 Å². The average Bonchev–Trinajstić information content (AvgIpc) is 2.45. The molecule has 0 N–H and O–H groups in total. The maximum Gasteiger partial charge on any atom is 0.410 e. The van der Waals surface area contributed by atoms with E-state index in [4.69, 9.17) is 4.74 Å². The van der Waals surface area contributed by atoms with Crippen LogP contribution >= 0.6 is 0 Å². The maximum atomic E-state index is 12.4. The number of hydrogen-bond donors (Lipinski definition) is 0. The standard InChI is InChI=1S/C17H22N2O4/c1-12-5-7-13(8-6-12)15(21)19-10-9-18(11-14(19)20)16(22)23-17(2,3)4/h5-8H,9-11H2,1-4H3. The van der Waals surface area contributed by atoms with E-state index in [0.717, 1.165) is 5.56 Å². The number of imide groups is 1. The van der Waals surface area contributed by atoms with Gasteiger partial charge in [0.05, 0.1) is 0 Å². The molecule has 1 aliphatic rings. The molecule has 0 unspecified atom stereocenters. The third kappa shape index (κ3) is 4.31. The van der Waals surface area contributed by atoms with Crippen molar-refractivity contribution in [3.63, 3.8) is 0 Å². The Balaban J connectivity index is 2.01. The summed E-state index contributed by atoms with van der Waals surface area (Å²) in [5.41, 5.74) is 0.895. The van der Waals surface area contributed by atoms with Crippen LogP contribution in [0.1, 0.15) is 36.7 Å². The molecular formula is C17H22N2O4. The predicted molar refractivity (Wildman–Crippen MR) is 85.0 cm³/mol. The van der Waals surface area contributed by atoms with Gasteiger partial charge in [-0.05, 0) is 39.8 Å². The van der Waals surface area contributed by atoms with Gasteiger partial charge in [-0.2, -0.15) is 0 Å². The number of piperazine rings is 1. The highest BCUT2D eigenvalue weighted by atomic mass is 16.6. The molecule has 1 aromatic rings. The minimum atomic E-state index is -0.616.